The van der Waals surface area contributed by atoms with E-state index in [0.717, 1.165) is 21.7 Å². The molecule has 1 saturated carbocycles. The smallest absolute Gasteiger partial charge is 0.275 e. The first kappa shape index (κ1) is 20.2. The van der Waals surface area contributed by atoms with Gasteiger partial charge in [-0.15, -0.1) is 23.7 Å². The molecule has 1 aromatic heterocycles. The van der Waals surface area contributed by atoms with E-state index < -0.39 is 0 Å². The van der Waals surface area contributed by atoms with Crippen LogP contribution in [0.4, 0.5) is 5.69 Å². The van der Waals surface area contributed by atoms with Crippen LogP contribution in [0.2, 0.25) is 0 Å². The molecule has 0 aliphatic heterocycles. The van der Waals surface area contributed by atoms with Gasteiger partial charge in [0.15, 0.2) is 0 Å². The summed E-state index contributed by atoms with van der Waals surface area (Å²) in [6.45, 7) is 0.367. The third kappa shape index (κ3) is 5.99. The second-order valence-corrected chi connectivity index (χ2v) is 8.29. The zero-order valence-electron chi connectivity index (χ0n) is 14.1. The van der Waals surface area contributed by atoms with E-state index in [1.165, 1.54) is 49.0 Å². The number of anilines is 1. The van der Waals surface area contributed by atoms with Crippen molar-refractivity contribution in [2.75, 3.05) is 5.32 Å². The van der Waals surface area contributed by atoms with Gasteiger partial charge in [-0.1, -0.05) is 31.4 Å². The van der Waals surface area contributed by atoms with E-state index in [-0.39, 0.29) is 18.3 Å². The first-order valence-corrected chi connectivity index (χ1v) is 10.3. The Morgan fingerprint density at radius 1 is 1.32 bits per heavy atom. The lowest BCUT2D eigenvalue weighted by atomic mass is 10.0. The van der Waals surface area contributed by atoms with Crippen LogP contribution in [0.15, 0.2) is 29.6 Å². The van der Waals surface area contributed by atoms with Gasteiger partial charge in [-0.2, -0.15) is 11.8 Å². The predicted octanol–water partition coefficient (Wildman–Crippen LogP) is 4.84. The number of carbonyl (C=O) groups is 1. The lowest BCUT2D eigenvalue weighted by Crippen LogP contribution is -2.13. The Balaban J connectivity index is 0.00000225. The predicted molar refractivity (Wildman–Crippen MR) is 110 cm³/mol. The second-order valence-electron chi connectivity index (χ2n) is 6.06. The van der Waals surface area contributed by atoms with Crippen LogP contribution in [-0.4, -0.2) is 16.1 Å². The molecule has 4 nitrogen and oxygen atoms in total. The molecule has 2 aromatic rings. The van der Waals surface area contributed by atoms with Crippen molar-refractivity contribution < 1.29 is 4.79 Å². The molecule has 25 heavy (non-hydrogen) atoms. The molecule has 0 bridgehead atoms. The summed E-state index contributed by atoms with van der Waals surface area (Å²) in [7, 11) is 0. The summed E-state index contributed by atoms with van der Waals surface area (Å²) >= 11 is 3.46. The van der Waals surface area contributed by atoms with E-state index in [0.29, 0.717) is 12.2 Å². The number of nitrogens with one attached hydrogen (secondary N) is 1. The van der Waals surface area contributed by atoms with Crippen molar-refractivity contribution in [3.8, 4) is 0 Å². The van der Waals surface area contributed by atoms with Crippen LogP contribution >= 0.6 is 35.5 Å². The number of halogens is 1. The zero-order chi connectivity index (χ0) is 16.8. The van der Waals surface area contributed by atoms with Crippen molar-refractivity contribution in [3.05, 3.63) is 45.9 Å². The van der Waals surface area contributed by atoms with Crippen molar-refractivity contribution in [2.45, 2.75) is 49.7 Å². The van der Waals surface area contributed by atoms with Crippen LogP contribution in [0.25, 0.3) is 0 Å². The number of thiazole rings is 1. The number of benzene rings is 1. The van der Waals surface area contributed by atoms with Gasteiger partial charge in [0.25, 0.3) is 5.91 Å². The van der Waals surface area contributed by atoms with Crippen molar-refractivity contribution in [1.29, 1.82) is 0 Å². The maximum atomic E-state index is 12.2. The molecule has 1 aliphatic carbocycles. The van der Waals surface area contributed by atoms with Gasteiger partial charge in [-0.25, -0.2) is 4.98 Å². The number of hydrogen-bond donors (Lipinski definition) is 2. The number of thioether (sulfide) groups is 1. The number of aromatic nitrogens is 1. The number of amides is 1. The van der Waals surface area contributed by atoms with Gasteiger partial charge in [-0.05, 0) is 30.5 Å². The Bertz CT molecular complexity index is 686. The van der Waals surface area contributed by atoms with Crippen molar-refractivity contribution in [3.63, 3.8) is 0 Å². The molecule has 0 saturated heterocycles. The highest BCUT2D eigenvalue weighted by molar-refractivity contribution is 7.99. The van der Waals surface area contributed by atoms with Crippen LogP contribution < -0.4 is 11.1 Å². The molecule has 1 fully saturated rings. The summed E-state index contributed by atoms with van der Waals surface area (Å²) in [5.41, 5.74) is 8.05. The minimum absolute atomic E-state index is 0. The van der Waals surface area contributed by atoms with E-state index >= 15 is 0 Å². The summed E-state index contributed by atoms with van der Waals surface area (Å²) in [4.78, 5) is 16.5. The Morgan fingerprint density at radius 2 is 2.12 bits per heavy atom. The minimum atomic E-state index is -0.178. The van der Waals surface area contributed by atoms with E-state index in [2.05, 4.69) is 22.4 Å². The molecule has 0 atom stereocenters. The molecule has 3 rings (SSSR count). The third-order valence-corrected chi connectivity index (χ3v) is 6.50. The summed E-state index contributed by atoms with van der Waals surface area (Å²) in [5.74, 6) is 0.825. The van der Waals surface area contributed by atoms with Crippen LogP contribution in [0.1, 0.15) is 53.2 Å². The normalized spacial score (nSPS) is 14.8. The molecule has 1 heterocycles. The Labute approximate surface area is 163 Å². The molecule has 1 amide bonds. The lowest BCUT2D eigenvalue weighted by molar-refractivity contribution is 0.102. The van der Waals surface area contributed by atoms with E-state index in [9.17, 15) is 4.79 Å². The van der Waals surface area contributed by atoms with Crippen molar-refractivity contribution in [1.82, 2.24) is 4.98 Å². The maximum Gasteiger partial charge on any atom is 0.275 e. The monoisotopic (exact) mass is 397 g/mol. The van der Waals surface area contributed by atoms with E-state index in [4.69, 9.17) is 5.73 Å². The fourth-order valence-corrected chi connectivity index (χ4v) is 4.82. The van der Waals surface area contributed by atoms with Gasteiger partial charge in [0.1, 0.15) is 10.7 Å². The summed E-state index contributed by atoms with van der Waals surface area (Å²) in [6.07, 6.45) is 6.81. The van der Waals surface area contributed by atoms with Gasteiger partial charge in [0, 0.05) is 28.6 Å². The minimum Gasteiger partial charge on any atom is -0.325 e. The molecule has 0 radical (unpaired) electrons. The number of carbonyl (C=O) groups excluding carboxylic acids is 1. The quantitative estimate of drug-likeness (QED) is 0.731. The number of nitrogens with two attached hydrogens (primary N) is 1. The highest BCUT2D eigenvalue weighted by Gasteiger charge is 2.14. The summed E-state index contributed by atoms with van der Waals surface area (Å²) in [5, 5.41) is 6.25. The van der Waals surface area contributed by atoms with Crippen LogP contribution in [0, 0.1) is 0 Å². The fraction of sp³-hybridized carbons (Fsp3) is 0.444. The number of hydrogen-bond acceptors (Lipinski definition) is 5. The molecule has 1 aromatic carbocycles. The maximum absolute atomic E-state index is 12.2. The molecule has 7 heteroatoms. The fourth-order valence-electron chi connectivity index (χ4n) is 2.89. The second kappa shape index (κ2) is 10.2. The molecular weight excluding hydrogens is 374 g/mol. The van der Waals surface area contributed by atoms with Gasteiger partial charge in [0.2, 0.25) is 0 Å². The molecule has 136 valence electrons. The van der Waals surface area contributed by atoms with Gasteiger partial charge >= 0.3 is 0 Å². The first-order valence-electron chi connectivity index (χ1n) is 8.41. The highest BCUT2D eigenvalue weighted by atomic mass is 35.5. The van der Waals surface area contributed by atoms with E-state index in [1.54, 1.807) is 5.38 Å². The largest absolute Gasteiger partial charge is 0.325 e. The van der Waals surface area contributed by atoms with Crippen molar-refractivity contribution >= 4 is 47.1 Å². The highest BCUT2D eigenvalue weighted by Crippen LogP contribution is 2.30. The van der Waals surface area contributed by atoms with Gasteiger partial charge in [0.05, 0.1) is 0 Å². The average Bonchev–Trinajstić information content (AvgIpc) is 3.11. The topological polar surface area (TPSA) is 68.0 Å². The average molecular weight is 398 g/mol. The SMILES string of the molecule is Cl.NCc1nc(C(=O)Nc2cccc(CSC3CCCCC3)c2)cs1. The standard InChI is InChI=1S/C18H23N3OS2.ClH/c19-10-17-21-16(12-24-17)18(22)20-14-6-4-5-13(9-14)11-23-15-7-2-1-3-8-15;/h4-6,9,12,15H,1-3,7-8,10-11,19H2,(H,20,22);1H. The molecule has 3 N–H and O–H groups in total. The lowest BCUT2D eigenvalue weighted by Gasteiger charge is -2.21. The Hall–Kier alpha value is -1.08. The van der Waals surface area contributed by atoms with Crippen LogP contribution in [-0.2, 0) is 12.3 Å². The molecule has 0 spiro atoms. The number of nitrogens with zero attached hydrogens (tertiary/aromatic N) is 1. The zero-order valence-corrected chi connectivity index (χ0v) is 16.5. The van der Waals surface area contributed by atoms with Crippen molar-refractivity contribution in [2.24, 2.45) is 5.73 Å². The third-order valence-electron chi connectivity index (χ3n) is 4.18. The van der Waals surface area contributed by atoms with Gasteiger partial charge in [-0.3, -0.25) is 4.79 Å². The van der Waals surface area contributed by atoms with Crippen LogP contribution in [0.5, 0.6) is 0 Å². The Morgan fingerprint density at radius 3 is 2.84 bits per heavy atom. The molecular formula is C18H24ClN3OS2. The molecule has 0 unspecified atom stereocenters. The van der Waals surface area contributed by atoms with Gasteiger partial charge < -0.3 is 11.1 Å². The Kier molecular flexibility index (Phi) is 8.22. The first-order chi connectivity index (χ1) is 11.7. The van der Waals surface area contributed by atoms with E-state index in [1.807, 2.05) is 23.9 Å². The van der Waals surface area contributed by atoms with Crippen LogP contribution in [0.3, 0.4) is 0 Å². The summed E-state index contributed by atoms with van der Waals surface area (Å²) in [6, 6.07) is 8.10. The summed E-state index contributed by atoms with van der Waals surface area (Å²) < 4.78 is 0. The molecule has 1 aliphatic rings. The number of rotatable bonds is 6.